The largest absolute Gasteiger partial charge is 0.399 e. The van der Waals surface area contributed by atoms with Crippen LogP contribution in [0.15, 0.2) is 18.2 Å². The summed E-state index contributed by atoms with van der Waals surface area (Å²) < 4.78 is 0. The summed E-state index contributed by atoms with van der Waals surface area (Å²) in [5.74, 6) is 0. The average molecular weight is 222 g/mol. The third-order valence-electron chi connectivity index (χ3n) is 2.58. The zero-order valence-corrected chi connectivity index (χ0v) is 10.6. The zero-order chi connectivity index (χ0) is 12.1. The molecule has 0 spiro atoms. The van der Waals surface area contributed by atoms with Crippen molar-refractivity contribution in [1.82, 2.24) is 4.90 Å². The van der Waals surface area contributed by atoms with E-state index < -0.39 is 0 Å². The van der Waals surface area contributed by atoms with Gasteiger partial charge in [-0.1, -0.05) is 0 Å². The molecule has 0 aliphatic rings. The molecule has 0 aromatic heterocycles. The van der Waals surface area contributed by atoms with Crippen LogP contribution in [-0.2, 0) is 0 Å². The molecule has 0 aliphatic heterocycles. The van der Waals surface area contributed by atoms with Crippen molar-refractivity contribution in [2.24, 2.45) is 0 Å². The number of nitrogens with two attached hydrogens (primary N) is 1. The standard InChI is InChI=1S/C12H22N4/c1-14-11-9-10(13)5-6-12(11)16(4)8-7-15(2)3/h5-6,9,14H,7-8,13H2,1-4H3. The maximum Gasteiger partial charge on any atom is 0.0601 e. The third-order valence-corrected chi connectivity index (χ3v) is 2.58. The Kier molecular flexibility index (Phi) is 4.43. The van der Waals surface area contributed by atoms with Gasteiger partial charge in [0.1, 0.15) is 0 Å². The fourth-order valence-corrected chi connectivity index (χ4v) is 1.56. The second kappa shape index (κ2) is 5.61. The van der Waals surface area contributed by atoms with E-state index in [1.165, 1.54) is 5.69 Å². The summed E-state index contributed by atoms with van der Waals surface area (Å²) in [5, 5.41) is 3.17. The summed E-state index contributed by atoms with van der Waals surface area (Å²) in [7, 11) is 8.17. The number of benzene rings is 1. The highest BCUT2D eigenvalue weighted by atomic mass is 15.2. The molecule has 0 unspecified atom stereocenters. The van der Waals surface area contributed by atoms with Crippen molar-refractivity contribution in [3.05, 3.63) is 18.2 Å². The van der Waals surface area contributed by atoms with Crippen LogP contribution in [0, 0.1) is 0 Å². The van der Waals surface area contributed by atoms with Crippen LogP contribution in [0.4, 0.5) is 17.1 Å². The van der Waals surface area contributed by atoms with Gasteiger partial charge in [0.05, 0.1) is 11.4 Å². The maximum atomic E-state index is 5.76. The van der Waals surface area contributed by atoms with Crippen LogP contribution in [0.1, 0.15) is 0 Å². The molecule has 0 saturated heterocycles. The minimum absolute atomic E-state index is 0.786. The van der Waals surface area contributed by atoms with Crippen LogP contribution in [0.5, 0.6) is 0 Å². The van der Waals surface area contributed by atoms with Gasteiger partial charge in [-0.2, -0.15) is 0 Å². The van der Waals surface area contributed by atoms with Gasteiger partial charge in [0, 0.05) is 32.9 Å². The van der Waals surface area contributed by atoms with Gasteiger partial charge >= 0.3 is 0 Å². The first-order valence-corrected chi connectivity index (χ1v) is 5.47. The van der Waals surface area contributed by atoms with Crippen LogP contribution in [0.25, 0.3) is 0 Å². The number of anilines is 3. The molecule has 0 atom stereocenters. The van der Waals surface area contributed by atoms with Crippen LogP contribution in [0.3, 0.4) is 0 Å². The maximum absolute atomic E-state index is 5.76. The first-order chi connectivity index (χ1) is 7.54. The second-order valence-electron chi connectivity index (χ2n) is 4.25. The molecule has 0 aliphatic carbocycles. The topological polar surface area (TPSA) is 44.5 Å². The fraction of sp³-hybridized carbons (Fsp3) is 0.500. The monoisotopic (exact) mass is 222 g/mol. The van der Waals surface area contributed by atoms with E-state index in [-0.39, 0.29) is 0 Å². The molecular formula is C12H22N4. The van der Waals surface area contributed by atoms with Gasteiger partial charge in [0.25, 0.3) is 0 Å². The van der Waals surface area contributed by atoms with Crippen molar-refractivity contribution in [3.8, 4) is 0 Å². The Morgan fingerprint density at radius 3 is 2.44 bits per heavy atom. The minimum atomic E-state index is 0.786. The highest BCUT2D eigenvalue weighted by Crippen LogP contribution is 2.26. The average Bonchev–Trinajstić information content (AvgIpc) is 2.25. The van der Waals surface area contributed by atoms with E-state index in [0.29, 0.717) is 0 Å². The molecule has 1 rings (SSSR count). The number of hydrogen-bond acceptors (Lipinski definition) is 4. The first-order valence-electron chi connectivity index (χ1n) is 5.47. The molecule has 3 N–H and O–H groups in total. The quantitative estimate of drug-likeness (QED) is 0.737. The smallest absolute Gasteiger partial charge is 0.0601 e. The molecule has 16 heavy (non-hydrogen) atoms. The summed E-state index contributed by atoms with van der Waals surface area (Å²) in [6.45, 7) is 2.02. The van der Waals surface area contributed by atoms with E-state index in [9.17, 15) is 0 Å². The van der Waals surface area contributed by atoms with Crippen molar-refractivity contribution >= 4 is 17.1 Å². The number of nitrogen functional groups attached to an aromatic ring is 1. The predicted octanol–water partition coefficient (Wildman–Crippen LogP) is 1.31. The van der Waals surface area contributed by atoms with E-state index in [4.69, 9.17) is 5.73 Å². The van der Waals surface area contributed by atoms with Crippen molar-refractivity contribution in [3.63, 3.8) is 0 Å². The lowest BCUT2D eigenvalue weighted by molar-refractivity contribution is 0.416. The number of hydrogen-bond donors (Lipinski definition) is 2. The molecule has 1 aromatic carbocycles. The lowest BCUT2D eigenvalue weighted by Gasteiger charge is -2.24. The Bertz CT molecular complexity index is 336. The fourth-order valence-electron chi connectivity index (χ4n) is 1.56. The van der Waals surface area contributed by atoms with Gasteiger partial charge in [-0.05, 0) is 32.3 Å². The van der Waals surface area contributed by atoms with Crippen LogP contribution >= 0.6 is 0 Å². The van der Waals surface area contributed by atoms with E-state index >= 15 is 0 Å². The summed E-state index contributed by atoms with van der Waals surface area (Å²) in [6, 6.07) is 5.95. The normalized spacial score (nSPS) is 10.6. The molecule has 0 bridgehead atoms. The van der Waals surface area contributed by atoms with E-state index in [1.54, 1.807) is 0 Å². The highest BCUT2D eigenvalue weighted by molar-refractivity contribution is 5.73. The van der Waals surface area contributed by atoms with Gasteiger partial charge < -0.3 is 20.9 Å². The molecule has 0 fully saturated rings. The van der Waals surface area contributed by atoms with Crippen LogP contribution < -0.4 is 16.0 Å². The van der Waals surface area contributed by atoms with E-state index in [0.717, 1.165) is 24.5 Å². The predicted molar refractivity (Wildman–Crippen MR) is 72.2 cm³/mol. The van der Waals surface area contributed by atoms with Gasteiger partial charge in [-0.15, -0.1) is 0 Å². The Balaban J connectivity index is 2.77. The Hall–Kier alpha value is -1.42. The van der Waals surface area contributed by atoms with Crippen molar-refractivity contribution < 1.29 is 0 Å². The van der Waals surface area contributed by atoms with E-state index in [1.807, 2.05) is 19.2 Å². The molecule has 1 aromatic rings. The van der Waals surface area contributed by atoms with Crippen molar-refractivity contribution in [2.75, 3.05) is 57.2 Å². The van der Waals surface area contributed by atoms with Gasteiger partial charge in [-0.3, -0.25) is 0 Å². The molecule has 90 valence electrons. The minimum Gasteiger partial charge on any atom is -0.399 e. The Morgan fingerprint density at radius 2 is 1.88 bits per heavy atom. The first kappa shape index (κ1) is 12.6. The summed E-state index contributed by atoms with van der Waals surface area (Å²) in [5.41, 5.74) is 8.79. The van der Waals surface area contributed by atoms with Gasteiger partial charge in [0.2, 0.25) is 0 Å². The van der Waals surface area contributed by atoms with E-state index in [2.05, 4.69) is 42.3 Å². The molecule has 0 heterocycles. The number of nitrogens with one attached hydrogen (secondary N) is 1. The highest BCUT2D eigenvalue weighted by Gasteiger charge is 2.06. The number of rotatable bonds is 5. The number of likely N-dealkylation sites (N-methyl/N-ethyl adjacent to an activating group) is 2. The van der Waals surface area contributed by atoms with Crippen molar-refractivity contribution in [1.29, 1.82) is 0 Å². The van der Waals surface area contributed by atoms with Crippen LogP contribution in [-0.4, -0.2) is 46.2 Å². The molecule has 4 heteroatoms. The molecule has 0 saturated carbocycles. The summed E-state index contributed by atoms with van der Waals surface area (Å²) in [4.78, 5) is 4.40. The SMILES string of the molecule is CNc1cc(N)ccc1N(C)CCN(C)C. The zero-order valence-electron chi connectivity index (χ0n) is 10.6. The van der Waals surface area contributed by atoms with Gasteiger partial charge in [-0.25, -0.2) is 0 Å². The summed E-state index contributed by atoms with van der Waals surface area (Å²) in [6.07, 6.45) is 0. The lowest BCUT2D eigenvalue weighted by atomic mass is 10.2. The second-order valence-corrected chi connectivity index (χ2v) is 4.25. The summed E-state index contributed by atoms with van der Waals surface area (Å²) >= 11 is 0. The molecule has 0 radical (unpaired) electrons. The molecule has 0 amide bonds. The van der Waals surface area contributed by atoms with Crippen molar-refractivity contribution in [2.45, 2.75) is 0 Å². The number of nitrogens with zero attached hydrogens (tertiary/aromatic N) is 2. The van der Waals surface area contributed by atoms with Gasteiger partial charge in [0.15, 0.2) is 0 Å². The molecule has 4 nitrogen and oxygen atoms in total. The Labute approximate surface area is 98.0 Å². The molecular weight excluding hydrogens is 200 g/mol. The Morgan fingerprint density at radius 1 is 1.19 bits per heavy atom. The van der Waals surface area contributed by atoms with Crippen LogP contribution in [0.2, 0.25) is 0 Å². The lowest BCUT2D eigenvalue weighted by Crippen LogP contribution is -2.28. The third kappa shape index (κ3) is 3.31.